The summed E-state index contributed by atoms with van der Waals surface area (Å²) in [4.78, 5) is 11.5. The van der Waals surface area contributed by atoms with Gasteiger partial charge < -0.3 is 15.4 Å². The number of carbonyl (C=O) groups excluding carboxylic acids is 1. The minimum Gasteiger partial charge on any atom is -0.444 e. The Kier molecular flexibility index (Phi) is 8.14. The standard InChI is InChI=1S/C13H25N3O2/c1-11(7-10-15-9-6-5-8-14)16-12(17)18-13(2,3)4/h11,15H,5-7,9-10H2,1-4H3,(H,16,17)/t11-/m1/s1. The van der Waals surface area contributed by atoms with E-state index in [1.54, 1.807) is 0 Å². The molecule has 104 valence electrons. The van der Waals surface area contributed by atoms with Gasteiger partial charge in [0.05, 0.1) is 6.07 Å². The van der Waals surface area contributed by atoms with Gasteiger partial charge in [0.2, 0.25) is 0 Å². The predicted molar refractivity (Wildman–Crippen MR) is 71.2 cm³/mol. The van der Waals surface area contributed by atoms with E-state index in [2.05, 4.69) is 16.7 Å². The van der Waals surface area contributed by atoms with Gasteiger partial charge in [-0.15, -0.1) is 0 Å². The first kappa shape index (κ1) is 16.7. The number of ether oxygens (including phenoxy) is 1. The maximum Gasteiger partial charge on any atom is 0.407 e. The molecule has 1 atom stereocenters. The smallest absolute Gasteiger partial charge is 0.407 e. The van der Waals surface area contributed by atoms with Crippen LogP contribution in [0.25, 0.3) is 0 Å². The number of hydrogen-bond donors (Lipinski definition) is 2. The van der Waals surface area contributed by atoms with Crippen molar-refractivity contribution in [2.45, 2.75) is 58.6 Å². The molecule has 0 radical (unpaired) electrons. The van der Waals surface area contributed by atoms with Crippen LogP contribution in [0.15, 0.2) is 0 Å². The number of nitriles is 1. The Bertz CT molecular complexity index is 279. The molecule has 0 aromatic heterocycles. The molecule has 2 N–H and O–H groups in total. The quantitative estimate of drug-likeness (QED) is 0.684. The molecule has 0 saturated carbocycles. The van der Waals surface area contributed by atoms with Gasteiger partial charge >= 0.3 is 6.09 Å². The van der Waals surface area contributed by atoms with Crippen molar-refractivity contribution in [2.75, 3.05) is 13.1 Å². The first-order valence-electron chi connectivity index (χ1n) is 6.42. The summed E-state index contributed by atoms with van der Waals surface area (Å²) in [6.07, 6.45) is 1.91. The van der Waals surface area contributed by atoms with E-state index in [1.807, 2.05) is 27.7 Å². The zero-order valence-electron chi connectivity index (χ0n) is 11.9. The van der Waals surface area contributed by atoms with E-state index in [9.17, 15) is 4.79 Å². The van der Waals surface area contributed by atoms with Crippen molar-refractivity contribution in [3.05, 3.63) is 0 Å². The van der Waals surface area contributed by atoms with Gasteiger partial charge in [0.1, 0.15) is 5.60 Å². The molecular weight excluding hydrogens is 230 g/mol. The molecule has 1 amide bonds. The zero-order valence-corrected chi connectivity index (χ0v) is 11.9. The fraction of sp³-hybridized carbons (Fsp3) is 0.846. The van der Waals surface area contributed by atoms with Crippen molar-refractivity contribution >= 4 is 6.09 Å². The second-order valence-corrected chi connectivity index (χ2v) is 5.35. The number of unbranched alkanes of at least 4 members (excludes halogenated alkanes) is 1. The van der Waals surface area contributed by atoms with Crippen LogP contribution in [0.2, 0.25) is 0 Å². The van der Waals surface area contributed by atoms with Crippen LogP contribution in [0.1, 0.15) is 47.0 Å². The Morgan fingerprint density at radius 1 is 1.39 bits per heavy atom. The van der Waals surface area contributed by atoms with Crippen LogP contribution in [0.5, 0.6) is 0 Å². The lowest BCUT2D eigenvalue weighted by Crippen LogP contribution is -2.39. The molecule has 5 nitrogen and oxygen atoms in total. The normalized spacial score (nSPS) is 12.6. The third kappa shape index (κ3) is 11.2. The van der Waals surface area contributed by atoms with E-state index in [0.29, 0.717) is 6.42 Å². The Labute approximate surface area is 110 Å². The Morgan fingerprint density at radius 2 is 2.06 bits per heavy atom. The van der Waals surface area contributed by atoms with Gasteiger partial charge in [-0.05, 0) is 53.6 Å². The molecule has 0 aliphatic rings. The fourth-order valence-electron chi connectivity index (χ4n) is 1.32. The minimum atomic E-state index is -0.459. The van der Waals surface area contributed by atoms with Crippen molar-refractivity contribution in [2.24, 2.45) is 0 Å². The van der Waals surface area contributed by atoms with Crippen LogP contribution in [0, 0.1) is 11.3 Å². The van der Waals surface area contributed by atoms with E-state index >= 15 is 0 Å². The molecule has 0 saturated heterocycles. The summed E-state index contributed by atoms with van der Waals surface area (Å²) in [6, 6.07) is 2.17. The van der Waals surface area contributed by atoms with Gasteiger partial charge in [-0.3, -0.25) is 0 Å². The van der Waals surface area contributed by atoms with Crippen LogP contribution in [0.4, 0.5) is 4.79 Å². The highest BCUT2D eigenvalue weighted by Crippen LogP contribution is 2.06. The molecule has 0 aliphatic carbocycles. The predicted octanol–water partition coefficient (Wildman–Crippen LogP) is 2.18. The Balaban J connectivity index is 3.56. The van der Waals surface area contributed by atoms with Crippen LogP contribution in [0.3, 0.4) is 0 Å². The van der Waals surface area contributed by atoms with Crippen molar-refractivity contribution in [1.29, 1.82) is 5.26 Å². The molecule has 0 aromatic carbocycles. The number of rotatable bonds is 7. The summed E-state index contributed by atoms with van der Waals surface area (Å²) in [6.45, 7) is 9.13. The second kappa shape index (κ2) is 8.76. The Morgan fingerprint density at radius 3 is 2.61 bits per heavy atom. The highest BCUT2D eigenvalue weighted by atomic mass is 16.6. The summed E-state index contributed by atoms with van der Waals surface area (Å²) in [7, 11) is 0. The number of amides is 1. The lowest BCUT2D eigenvalue weighted by Gasteiger charge is -2.22. The summed E-state index contributed by atoms with van der Waals surface area (Å²) >= 11 is 0. The van der Waals surface area contributed by atoms with Gasteiger partial charge in [-0.2, -0.15) is 5.26 Å². The van der Waals surface area contributed by atoms with Crippen LogP contribution >= 0.6 is 0 Å². The van der Waals surface area contributed by atoms with E-state index < -0.39 is 5.60 Å². The van der Waals surface area contributed by atoms with Crippen LogP contribution in [-0.4, -0.2) is 30.8 Å². The molecule has 5 heteroatoms. The number of carbonyl (C=O) groups is 1. The molecule has 0 aromatic rings. The molecular formula is C13H25N3O2. The summed E-state index contributed by atoms with van der Waals surface area (Å²) < 4.78 is 5.16. The average molecular weight is 255 g/mol. The Hall–Kier alpha value is -1.28. The van der Waals surface area contributed by atoms with Crippen molar-refractivity contribution in [3.8, 4) is 6.07 Å². The largest absolute Gasteiger partial charge is 0.444 e. The third-order valence-corrected chi connectivity index (χ3v) is 2.16. The van der Waals surface area contributed by atoms with E-state index in [1.165, 1.54) is 0 Å². The molecule has 0 spiro atoms. The molecule has 0 fully saturated rings. The number of alkyl carbamates (subject to hydrolysis) is 1. The summed E-state index contributed by atoms with van der Waals surface area (Å²) in [5, 5.41) is 14.4. The lowest BCUT2D eigenvalue weighted by molar-refractivity contribution is 0.0506. The lowest BCUT2D eigenvalue weighted by atomic mass is 10.2. The van der Waals surface area contributed by atoms with Gasteiger partial charge in [-0.25, -0.2) is 4.79 Å². The first-order valence-corrected chi connectivity index (χ1v) is 6.42. The number of nitrogens with zero attached hydrogens (tertiary/aromatic N) is 1. The highest BCUT2D eigenvalue weighted by molar-refractivity contribution is 5.67. The van der Waals surface area contributed by atoms with Crippen molar-refractivity contribution < 1.29 is 9.53 Å². The number of nitrogens with one attached hydrogen (secondary N) is 2. The van der Waals surface area contributed by atoms with Crippen LogP contribution < -0.4 is 10.6 Å². The van der Waals surface area contributed by atoms with E-state index in [-0.39, 0.29) is 12.1 Å². The molecule has 0 aliphatic heterocycles. The summed E-state index contributed by atoms with van der Waals surface area (Å²) in [5.41, 5.74) is -0.459. The first-order chi connectivity index (χ1) is 8.35. The zero-order chi connectivity index (χ0) is 14.0. The fourth-order valence-corrected chi connectivity index (χ4v) is 1.32. The van der Waals surface area contributed by atoms with Crippen molar-refractivity contribution in [1.82, 2.24) is 10.6 Å². The number of hydrogen-bond acceptors (Lipinski definition) is 4. The van der Waals surface area contributed by atoms with Gasteiger partial charge in [0.25, 0.3) is 0 Å². The SMILES string of the molecule is C[C@H](CCNCCCC#N)NC(=O)OC(C)(C)C. The van der Waals surface area contributed by atoms with Crippen LogP contribution in [-0.2, 0) is 4.74 Å². The monoisotopic (exact) mass is 255 g/mol. The molecule has 0 heterocycles. The maximum absolute atomic E-state index is 11.5. The van der Waals surface area contributed by atoms with Crippen molar-refractivity contribution in [3.63, 3.8) is 0 Å². The van der Waals surface area contributed by atoms with Gasteiger partial charge in [0, 0.05) is 12.5 Å². The molecule has 0 unspecified atom stereocenters. The molecule has 0 bridgehead atoms. The molecule has 0 rings (SSSR count). The topological polar surface area (TPSA) is 74.2 Å². The van der Waals surface area contributed by atoms with E-state index in [0.717, 1.165) is 25.9 Å². The summed E-state index contributed by atoms with van der Waals surface area (Å²) in [5.74, 6) is 0. The third-order valence-electron chi connectivity index (χ3n) is 2.16. The second-order valence-electron chi connectivity index (χ2n) is 5.35. The maximum atomic E-state index is 11.5. The van der Waals surface area contributed by atoms with E-state index in [4.69, 9.17) is 10.00 Å². The highest BCUT2D eigenvalue weighted by Gasteiger charge is 2.17. The van der Waals surface area contributed by atoms with Gasteiger partial charge in [-0.1, -0.05) is 0 Å². The minimum absolute atomic E-state index is 0.0725. The molecule has 18 heavy (non-hydrogen) atoms. The van der Waals surface area contributed by atoms with Gasteiger partial charge in [0.15, 0.2) is 0 Å². The average Bonchev–Trinajstić information content (AvgIpc) is 2.20.